The minimum Gasteiger partial charge on any atom is -0.486 e. The van der Waals surface area contributed by atoms with Crippen LogP contribution in [0.1, 0.15) is 26.5 Å². The maximum absolute atomic E-state index is 6.15. The highest BCUT2D eigenvalue weighted by atomic mass is 16.6. The molecule has 0 saturated heterocycles. The van der Waals surface area contributed by atoms with E-state index in [0.29, 0.717) is 13.2 Å². The van der Waals surface area contributed by atoms with Crippen molar-refractivity contribution in [2.75, 3.05) is 18.9 Å². The second-order valence-electron chi connectivity index (χ2n) is 5.86. The van der Waals surface area contributed by atoms with Crippen LogP contribution in [0, 0.1) is 0 Å². The van der Waals surface area contributed by atoms with Gasteiger partial charge in [0.15, 0.2) is 11.5 Å². The average Bonchev–Trinajstić information content (AvgIpc) is 2.35. The Morgan fingerprint density at radius 2 is 1.68 bits per heavy atom. The van der Waals surface area contributed by atoms with Crippen molar-refractivity contribution in [1.29, 1.82) is 0 Å². The highest BCUT2D eigenvalue weighted by Crippen LogP contribution is 2.37. The van der Waals surface area contributed by atoms with Crippen LogP contribution in [-0.2, 0) is 5.41 Å². The van der Waals surface area contributed by atoms with Crippen molar-refractivity contribution in [3.63, 3.8) is 0 Å². The van der Waals surface area contributed by atoms with Gasteiger partial charge in [0.2, 0.25) is 0 Å². The van der Waals surface area contributed by atoms with E-state index in [1.165, 1.54) is 0 Å². The molecule has 0 unspecified atom stereocenters. The van der Waals surface area contributed by atoms with Gasteiger partial charge in [0.25, 0.3) is 0 Å². The molecule has 0 amide bonds. The fourth-order valence-electron chi connectivity index (χ4n) is 2.17. The van der Waals surface area contributed by atoms with Gasteiger partial charge in [-0.2, -0.15) is 0 Å². The summed E-state index contributed by atoms with van der Waals surface area (Å²) in [6, 6.07) is 5.77. The molecule has 0 spiro atoms. The fraction of sp³-hybridized carbons (Fsp3) is 0.400. The van der Waals surface area contributed by atoms with E-state index >= 15 is 0 Å². The first-order chi connectivity index (χ1) is 8.95. The monoisotopic (exact) mass is 258 g/mol. The second kappa shape index (κ2) is 4.02. The molecule has 1 aliphatic heterocycles. The molecule has 0 bridgehead atoms. The third kappa shape index (κ3) is 2.07. The molecule has 0 fully saturated rings. The van der Waals surface area contributed by atoms with Crippen LogP contribution in [0.3, 0.4) is 0 Å². The summed E-state index contributed by atoms with van der Waals surface area (Å²) in [4.78, 5) is 4.70. The highest BCUT2D eigenvalue weighted by Gasteiger charge is 2.19. The Morgan fingerprint density at radius 1 is 1.05 bits per heavy atom. The summed E-state index contributed by atoms with van der Waals surface area (Å²) in [5, 5.41) is 0.914. The molecule has 2 aromatic rings. The lowest BCUT2D eigenvalue weighted by atomic mass is 9.91. The number of hydrogen-bond acceptors (Lipinski definition) is 4. The predicted octanol–water partition coefficient (Wildman–Crippen LogP) is 2.89. The molecule has 0 radical (unpaired) electrons. The van der Waals surface area contributed by atoms with Gasteiger partial charge in [-0.15, -0.1) is 0 Å². The molecule has 1 aliphatic rings. The first kappa shape index (κ1) is 12.1. The van der Waals surface area contributed by atoms with Crippen molar-refractivity contribution in [3.8, 4) is 11.5 Å². The lowest BCUT2D eigenvalue weighted by Crippen LogP contribution is -2.16. The predicted molar refractivity (Wildman–Crippen MR) is 75.8 cm³/mol. The Labute approximate surface area is 112 Å². The van der Waals surface area contributed by atoms with E-state index in [9.17, 15) is 0 Å². The lowest BCUT2D eigenvalue weighted by molar-refractivity contribution is 0.172. The number of benzene rings is 1. The molecule has 2 N–H and O–H groups in total. The quantitative estimate of drug-likeness (QED) is 0.789. The molecule has 4 heteroatoms. The van der Waals surface area contributed by atoms with Gasteiger partial charge in [0.05, 0.1) is 5.52 Å². The normalized spacial score (nSPS) is 14.7. The molecule has 1 aromatic heterocycles. The van der Waals surface area contributed by atoms with Gasteiger partial charge in [-0.1, -0.05) is 20.8 Å². The SMILES string of the molecule is CC(C)(C)c1cc(N)c2cc3c(cc2n1)OCCO3. The number of rotatable bonds is 0. The summed E-state index contributed by atoms with van der Waals surface area (Å²) in [5.74, 6) is 1.49. The third-order valence-corrected chi connectivity index (χ3v) is 3.27. The standard InChI is InChI=1S/C15H18N2O2/c1-15(2,3)14-7-10(16)9-6-12-13(8-11(9)17-14)19-5-4-18-12/h6-8H,4-5H2,1-3H3,(H2,16,17). The van der Waals surface area contributed by atoms with Crippen molar-refractivity contribution < 1.29 is 9.47 Å². The first-order valence-corrected chi connectivity index (χ1v) is 6.45. The number of nitrogens with two attached hydrogens (primary N) is 1. The molecule has 4 nitrogen and oxygen atoms in total. The van der Waals surface area contributed by atoms with E-state index in [-0.39, 0.29) is 5.41 Å². The zero-order chi connectivity index (χ0) is 13.6. The Hall–Kier alpha value is -1.97. The number of anilines is 1. The summed E-state index contributed by atoms with van der Waals surface area (Å²) >= 11 is 0. The van der Waals surface area contributed by atoms with Crippen LogP contribution >= 0.6 is 0 Å². The summed E-state index contributed by atoms with van der Waals surface area (Å²) in [7, 11) is 0. The van der Waals surface area contributed by atoms with Gasteiger partial charge in [-0.05, 0) is 12.1 Å². The second-order valence-corrected chi connectivity index (χ2v) is 5.86. The number of nitrogen functional groups attached to an aromatic ring is 1. The smallest absolute Gasteiger partial charge is 0.163 e. The molecule has 0 saturated carbocycles. The summed E-state index contributed by atoms with van der Waals surface area (Å²) in [5.41, 5.74) is 8.68. The van der Waals surface area contributed by atoms with Crippen LogP contribution in [0.4, 0.5) is 5.69 Å². The number of hydrogen-bond donors (Lipinski definition) is 1. The third-order valence-electron chi connectivity index (χ3n) is 3.27. The molecule has 2 heterocycles. The van der Waals surface area contributed by atoms with Crippen LogP contribution in [0.15, 0.2) is 18.2 Å². The largest absolute Gasteiger partial charge is 0.486 e. The van der Waals surface area contributed by atoms with Gasteiger partial charge >= 0.3 is 0 Å². The van der Waals surface area contributed by atoms with E-state index in [0.717, 1.165) is 33.8 Å². The Morgan fingerprint density at radius 3 is 2.32 bits per heavy atom. The van der Waals surface area contributed by atoms with Gasteiger partial charge in [0.1, 0.15) is 13.2 Å². The first-order valence-electron chi connectivity index (χ1n) is 6.45. The van der Waals surface area contributed by atoms with Crippen LogP contribution < -0.4 is 15.2 Å². The molecule has 100 valence electrons. The Balaban J connectivity index is 2.24. The molecular weight excluding hydrogens is 240 g/mol. The maximum atomic E-state index is 6.15. The summed E-state index contributed by atoms with van der Waals surface area (Å²) in [6.07, 6.45) is 0. The van der Waals surface area contributed by atoms with Crippen molar-refractivity contribution in [2.24, 2.45) is 0 Å². The highest BCUT2D eigenvalue weighted by molar-refractivity contribution is 5.93. The van der Waals surface area contributed by atoms with E-state index < -0.39 is 0 Å². The van der Waals surface area contributed by atoms with E-state index in [1.54, 1.807) is 0 Å². The zero-order valence-electron chi connectivity index (χ0n) is 11.5. The van der Waals surface area contributed by atoms with Crippen molar-refractivity contribution in [1.82, 2.24) is 4.98 Å². The van der Waals surface area contributed by atoms with E-state index in [2.05, 4.69) is 20.8 Å². The number of fused-ring (bicyclic) bond motifs is 2. The Kier molecular flexibility index (Phi) is 2.55. The molecule has 0 atom stereocenters. The van der Waals surface area contributed by atoms with Gasteiger partial charge < -0.3 is 15.2 Å². The van der Waals surface area contributed by atoms with Gasteiger partial charge in [-0.25, -0.2) is 0 Å². The Bertz CT molecular complexity index is 645. The minimum atomic E-state index is -0.0322. The molecular formula is C15H18N2O2. The fourth-order valence-corrected chi connectivity index (χ4v) is 2.17. The topological polar surface area (TPSA) is 57.4 Å². The van der Waals surface area contributed by atoms with Crippen LogP contribution in [0.2, 0.25) is 0 Å². The number of nitrogens with zero attached hydrogens (tertiary/aromatic N) is 1. The van der Waals surface area contributed by atoms with Crippen LogP contribution in [0.25, 0.3) is 10.9 Å². The number of pyridine rings is 1. The maximum Gasteiger partial charge on any atom is 0.163 e. The molecule has 3 rings (SSSR count). The van der Waals surface area contributed by atoms with Crippen LogP contribution in [0.5, 0.6) is 11.5 Å². The molecule has 1 aromatic carbocycles. The zero-order valence-corrected chi connectivity index (χ0v) is 11.5. The summed E-state index contributed by atoms with van der Waals surface area (Å²) in [6.45, 7) is 7.52. The number of aromatic nitrogens is 1. The minimum absolute atomic E-state index is 0.0322. The van der Waals surface area contributed by atoms with E-state index in [4.69, 9.17) is 20.2 Å². The number of ether oxygens (including phenoxy) is 2. The van der Waals surface area contributed by atoms with Crippen molar-refractivity contribution in [2.45, 2.75) is 26.2 Å². The summed E-state index contributed by atoms with van der Waals surface area (Å²) < 4.78 is 11.2. The average molecular weight is 258 g/mol. The van der Waals surface area contributed by atoms with Gasteiger partial charge in [-0.3, -0.25) is 4.98 Å². The molecule has 19 heavy (non-hydrogen) atoms. The van der Waals surface area contributed by atoms with E-state index in [1.807, 2.05) is 18.2 Å². The van der Waals surface area contributed by atoms with Crippen LogP contribution in [-0.4, -0.2) is 18.2 Å². The lowest BCUT2D eigenvalue weighted by Gasteiger charge is -2.21. The van der Waals surface area contributed by atoms with Gasteiger partial charge in [0, 0.05) is 28.2 Å². The molecule has 0 aliphatic carbocycles. The van der Waals surface area contributed by atoms with Crippen molar-refractivity contribution >= 4 is 16.6 Å². The van der Waals surface area contributed by atoms with Crippen molar-refractivity contribution in [3.05, 3.63) is 23.9 Å².